The SMILES string of the molecule is COc1ccc(C2(c3ccccc3)SC(c3ccc(OC)cc3)(c3ccc(OC)cc3)C(C#N)(C#N)C2(C#N)C#N)cc1. The first-order valence-electron chi connectivity index (χ1n) is 13.3. The first-order chi connectivity index (χ1) is 20.9. The number of nitrogens with zero attached hydrogens (tertiary/aromatic N) is 4. The molecule has 43 heavy (non-hydrogen) atoms. The maximum Gasteiger partial charge on any atom is 0.200 e. The molecule has 0 N–H and O–H groups in total. The Balaban J connectivity index is 2.03. The van der Waals surface area contributed by atoms with E-state index >= 15 is 0 Å². The highest BCUT2D eigenvalue weighted by atomic mass is 32.2. The molecule has 1 aliphatic rings. The van der Waals surface area contributed by atoms with Gasteiger partial charge in [-0.3, -0.25) is 0 Å². The van der Waals surface area contributed by atoms with Gasteiger partial charge in [0, 0.05) is 0 Å². The Kier molecular flexibility index (Phi) is 7.52. The molecule has 0 saturated carbocycles. The lowest BCUT2D eigenvalue weighted by Crippen LogP contribution is -2.52. The van der Waals surface area contributed by atoms with Gasteiger partial charge in [-0.05, 0) is 58.7 Å². The Morgan fingerprint density at radius 3 is 0.977 bits per heavy atom. The molecule has 0 amide bonds. The summed E-state index contributed by atoms with van der Waals surface area (Å²) in [5.74, 6) is 1.73. The predicted molar refractivity (Wildman–Crippen MR) is 162 cm³/mol. The molecule has 1 fully saturated rings. The zero-order valence-electron chi connectivity index (χ0n) is 23.7. The van der Waals surface area contributed by atoms with E-state index in [0.29, 0.717) is 39.5 Å². The summed E-state index contributed by atoms with van der Waals surface area (Å²) in [6.45, 7) is 0. The Labute approximate surface area is 255 Å². The Bertz CT molecular complexity index is 1720. The molecule has 1 atom stereocenters. The zero-order chi connectivity index (χ0) is 30.7. The number of nitriles is 4. The van der Waals surface area contributed by atoms with Crippen LogP contribution in [0.2, 0.25) is 0 Å². The van der Waals surface area contributed by atoms with Crippen LogP contribution in [0.5, 0.6) is 17.2 Å². The minimum Gasteiger partial charge on any atom is -0.497 e. The van der Waals surface area contributed by atoms with Crippen molar-refractivity contribution in [2.24, 2.45) is 10.8 Å². The maximum atomic E-state index is 11.2. The minimum atomic E-state index is -2.23. The van der Waals surface area contributed by atoms with Crippen molar-refractivity contribution in [3.05, 3.63) is 125 Å². The molecule has 0 aliphatic carbocycles. The molecule has 5 rings (SSSR count). The van der Waals surface area contributed by atoms with Crippen LogP contribution < -0.4 is 14.2 Å². The molecule has 8 heteroatoms. The average molecular weight is 583 g/mol. The molecular weight excluding hydrogens is 556 g/mol. The van der Waals surface area contributed by atoms with Crippen molar-refractivity contribution in [1.82, 2.24) is 0 Å². The van der Waals surface area contributed by atoms with Crippen LogP contribution in [0.1, 0.15) is 22.3 Å². The molecular formula is C35H26N4O3S. The first kappa shape index (κ1) is 29.1. The number of ether oxygens (including phenoxy) is 3. The van der Waals surface area contributed by atoms with E-state index in [1.54, 1.807) is 94.1 Å². The second-order valence-corrected chi connectivity index (χ2v) is 11.4. The van der Waals surface area contributed by atoms with Crippen molar-refractivity contribution in [1.29, 1.82) is 21.0 Å². The molecule has 0 aromatic heterocycles. The summed E-state index contributed by atoms with van der Waals surface area (Å²) in [4.78, 5) is 0. The molecule has 1 saturated heterocycles. The molecule has 4 aromatic carbocycles. The van der Waals surface area contributed by atoms with Gasteiger partial charge in [-0.1, -0.05) is 66.7 Å². The highest BCUT2D eigenvalue weighted by molar-refractivity contribution is 8.02. The van der Waals surface area contributed by atoms with Crippen LogP contribution in [0.15, 0.2) is 103 Å². The van der Waals surface area contributed by atoms with E-state index in [1.165, 1.54) is 11.8 Å². The van der Waals surface area contributed by atoms with E-state index in [-0.39, 0.29) is 0 Å². The number of rotatable bonds is 7. The van der Waals surface area contributed by atoms with E-state index in [1.807, 2.05) is 30.3 Å². The van der Waals surface area contributed by atoms with Gasteiger partial charge in [0.2, 0.25) is 0 Å². The fourth-order valence-electron chi connectivity index (χ4n) is 6.20. The molecule has 210 valence electrons. The third-order valence-corrected chi connectivity index (χ3v) is 10.4. The van der Waals surface area contributed by atoms with Crippen molar-refractivity contribution in [2.45, 2.75) is 9.49 Å². The highest BCUT2D eigenvalue weighted by Gasteiger charge is 2.83. The minimum absolute atomic E-state index is 0.563. The number of methoxy groups -OCH3 is 3. The summed E-state index contributed by atoms with van der Waals surface area (Å²) < 4.78 is 13.2. The molecule has 1 unspecified atom stereocenters. The number of hydrogen-bond acceptors (Lipinski definition) is 8. The summed E-state index contributed by atoms with van der Waals surface area (Å²) in [5, 5.41) is 44.9. The van der Waals surface area contributed by atoms with Crippen molar-refractivity contribution in [3.63, 3.8) is 0 Å². The van der Waals surface area contributed by atoms with Gasteiger partial charge in [0.05, 0.1) is 45.6 Å². The lowest BCUT2D eigenvalue weighted by atomic mass is 9.50. The zero-order valence-corrected chi connectivity index (χ0v) is 24.6. The van der Waals surface area contributed by atoms with E-state index in [2.05, 4.69) is 24.3 Å². The van der Waals surface area contributed by atoms with Gasteiger partial charge in [0.15, 0.2) is 10.8 Å². The quantitative estimate of drug-likeness (QED) is 0.235. The van der Waals surface area contributed by atoms with Gasteiger partial charge in [-0.25, -0.2) is 0 Å². The van der Waals surface area contributed by atoms with Gasteiger partial charge < -0.3 is 14.2 Å². The molecule has 1 aliphatic heterocycles. The Morgan fingerprint density at radius 2 is 0.721 bits per heavy atom. The van der Waals surface area contributed by atoms with Crippen LogP contribution in [0, 0.1) is 56.2 Å². The number of thioether (sulfide) groups is 1. The Hall–Kier alpha value is -5.41. The normalized spacial score (nSPS) is 19.0. The number of hydrogen-bond donors (Lipinski definition) is 0. The fourth-order valence-corrected chi connectivity index (χ4v) is 8.47. The molecule has 0 radical (unpaired) electrons. The van der Waals surface area contributed by atoms with E-state index < -0.39 is 20.3 Å². The molecule has 7 nitrogen and oxygen atoms in total. The van der Waals surface area contributed by atoms with Gasteiger partial charge >= 0.3 is 0 Å². The monoisotopic (exact) mass is 582 g/mol. The lowest BCUT2D eigenvalue weighted by Gasteiger charge is -2.40. The smallest absolute Gasteiger partial charge is 0.200 e. The molecule has 0 spiro atoms. The third-order valence-electron chi connectivity index (χ3n) is 8.27. The second kappa shape index (κ2) is 11.1. The van der Waals surface area contributed by atoms with Gasteiger partial charge in [-0.2, -0.15) is 21.0 Å². The van der Waals surface area contributed by atoms with Crippen LogP contribution in [0.25, 0.3) is 0 Å². The summed E-state index contributed by atoms with van der Waals surface area (Å²) >= 11 is 1.26. The van der Waals surface area contributed by atoms with Crippen molar-refractivity contribution in [2.75, 3.05) is 21.3 Å². The van der Waals surface area contributed by atoms with Crippen LogP contribution >= 0.6 is 11.8 Å². The average Bonchev–Trinajstić information content (AvgIpc) is 3.33. The molecule has 1 heterocycles. The standard InChI is InChI=1S/C35H26N4O3S/c1-40-29-15-9-26(10-16-29)34(25-7-5-4-6-8-25)32(21-36,22-37)33(23-38,24-39)35(43-34,27-11-17-30(41-2)18-12-27)28-13-19-31(42-3)20-14-28/h4-20H,1-3H3. The summed E-state index contributed by atoms with van der Waals surface area (Å²) in [6, 6.07) is 39.4. The van der Waals surface area contributed by atoms with Crippen LogP contribution in [-0.4, -0.2) is 21.3 Å². The van der Waals surface area contributed by atoms with Gasteiger partial charge in [0.25, 0.3) is 0 Å². The summed E-state index contributed by atoms with van der Waals surface area (Å²) in [6.07, 6.45) is 0. The highest BCUT2D eigenvalue weighted by Crippen LogP contribution is 2.80. The van der Waals surface area contributed by atoms with Crippen molar-refractivity contribution < 1.29 is 14.2 Å². The van der Waals surface area contributed by atoms with Crippen molar-refractivity contribution >= 4 is 11.8 Å². The summed E-state index contributed by atoms with van der Waals surface area (Å²) in [7, 11) is 4.65. The lowest BCUT2D eigenvalue weighted by molar-refractivity contribution is 0.237. The van der Waals surface area contributed by atoms with Crippen LogP contribution in [0.3, 0.4) is 0 Å². The van der Waals surface area contributed by atoms with Gasteiger partial charge in [-0.15, -0.1) is 11.8 Å². The molecule has 0 bridgehead atoms. The second-order valence-electron chi connectivity index (χ2n) is 9.96. The predicted octanol–water partition coefficient (Wildman–Crippen LogP) is 6.71. The largest absolute Gasteiger partial charge is 0.497 e. The molecule has 4 aromatic rings. The van der Waals surface area contributed by atoms with Crippen LogP contribution in [0.4, 0.5) is 0 Å². The third kappa shape index (κ3) is 3.78. The first-order valence-corrected chi connectivity index (χ1v) is 14.1. The van der Waals surface area contributed by atoms with Crippen molar-refractivity contribution in [3.8, 4) is 41.5 Å². The topological polar surface area (TPSA) is 123 Å². The summed E-state index contributed by atoms with van der Waals surface area (Å²) in [5.41, 5.74) is -2.14. The number of benzene rings is 4. The van der Waals surface area contributed by atoms with Crippen LogP contribution in [-0.2, 0) is 9.49 Å². The Morgan fingerprint density at radius 1 is 0.442 bits per heavy atom. The maximum absolute atomic E-state index is 11.2. The van der Waals surface area contributed by atoms with E-state index in [9.17, 15) is 21.0 Å². The van der Waals surface area contributed by atoms with Gasteiger partial charge in [0.1, 0.15) is 26.7 Å². The van der Waals surface area contributed by atoms with E-state index in [4.69, 9.17) is 14.2 Å². The fraction of sp³-hybridized carbons (Fsp3) is 0.200. The van der Waals surface area contributed by atoms with E-state index in [0.717, 1.165) is 0 Å².